The Kier molecular flexibility index (Phi) is 5.37. The highest BCUT2D eigenvalue weighted by molar-refractivity contribution is 6.00. The van der Waals surface area contributed by atoms with Crippen molar-refractivity contribution in [3.63, 3.8) is 0 Å². The summed E-state index contributed by atoms with van der Waals surface area (Å²) in [6, 6.07) is 13.2. The molecule has 0 aliphatic carbocycles. The molecule has 1 aliphatic heterocycles. The van der Waals surface area contributed by atoms with Crippen LogP contribution in [0, 0.1) is 0 Å². The van der Waals surface area contributed by atoms with Crippen LogP contribution in [0.1, 0.15) is 22.6 Å². The topological polar surface area (TPSA) is 81.1 Å². The van der Waals surface area contributed by atoms with Crippen LogP contribution in [0.5, 0.6) is 5.75 Å². The standard InChI is InChI=1S/C20H19F2N5O2/c21-20(22)29-15-8-5-13(6-9-15)25-17-4-2-1-3-16(17)19(28)26-14-7-10-18-23-12-24-27(18)11-14/h1-6,8-9,12,14,20,25H,7,10-11H2,(H,26,28). The lowest BCUT2D eigenvalue weighted by atomic mass is 10.1. The van der Waals surface area contributed by atoms with E-state index in [-0.39, 0.29) is 17.7 Å². The van der Waals surface area contributed by atoms with Gasteiger partial charge < -0.3 is 15.4 Å². The van der Waals surface area contributed by atoms with Crippen LogP contribution in [-0.4, -0.2) is 33.3 Å². The van der Waals surface area contributed by atoms with Gasteiger partial charge >= 0.3 is 6.61 Å². The van der Waals surface area contributed by atoms with Crippen molar-refractivity contribution in [1.29, 1.82) is 0 Å². The highest BCUT2D eigenvalue weighted by Crippen LogP contribution is 2.24. The average Bonchev–Trinajstić information content (AvgIpc) is 3.17. The quantitative estimate of drug-likeness (QED) is 0.664. The predicted molar refractivity (Wildman–Crippen MR) is 102 cm³/mol. The summed E-state index contributed by atoms with van der Waals surface area (Å²) in [5, 5.41) is 10.4. The number of para-hydroxylation sites is 1. The van der Waals surface area contributed by atoms with Crippen LogP contribution in [0.2, 0.25) is 0 Å². The molecule has 1 unspecified atom stereocenters. The smallest absolute Gasteiger partial charge is 0.387 e. The first-order chi connectivity index (χ1) is 14.1. The molecule has 1 amide bonds. The Morgan fingerprint density at radius 2 is 1.97 bits per heavy atom. The Bertz CT molecular complexity index is 991. The van der Waals surface area contributed by atoms with Gasteiger partial charge in [-0.15, -0.1) is 0 Å². The van der Waals surface area contributed by atoms with Gasteiger partial charge in [0.2, 0.25) is 0 Å². The van der Waals surface area contributed by atoms with Crippen molar-refractivity contribution in [2.45, 2.75) is 32.0 Å². The molecular weight excluding hydrogens is 380 g/mol. The summed E-state index contributed by atoms with van der Waals surface area (Å²) in [6.45, 7) is -2.28. The number of alkyl halides is 2. The van der Waals surface area contributed by atoms with Gasteiger partial charge in [-0.2, -0.15) is 13.9 Å². The van der Waals surface area contributed by atoms with E-state index in [2.05, 4.69) is 25.5 Å². The van der Waals surface area contributed by atoms with Gasteiger partial charge in [-0.1, -0.05) is 12.1 Å². The first-order valence-corrected chi connectivity index (χ1v) is 9.17. The number of hydrogen-bond donors (Lipinski definition) is 2. The van der Waals surface area contributed by atoms with Gasteiger partial charge in [0.1, 0.15) is 17.9 Å². The minimum absolute atomic E-state index is 0.0319. The summed E-state index contributed by atoms with van der Waals surface area (Å²) in [5.41, 5.74) is 1.76. The summed E-state index contributed by atoms with van der Waals surface area (Å²) >= 11 is 0. The number of aryl methyl sites for hydroxylation is 1. The van der Waals surface area contributed by atoms with E-state index < -0.39 is 6.61 Å². The van der Waals surface area contributed by atoms with Gasteiger partial charge in [0.15, 0.2) is 0 Å². The number of ether oxygens (including phenoxy) is 1. The van der Waals surface area contributed by atoms with E-state index in [0.29, 0.717) is 23.5 Å². The largest absolute Gasteiger partial charge is 0.435 e. The molecule has 1 atom stereocenters. The Hall–Kier alpha value is -3.49. The van der Waals surface area contributed by atoms with E-state index in [1.54, 1.807) is 30.3 Å². The zero-order valence-corrected chi connectivity index (χ0v) is 15.4. The first kappa shape index (κ1) is 18.9. The number of benzene rings is 2. The van der Waals surface area contributed by atoms with Gasteiger partial charge in [0.05, 0.1) is 17.8 Å². The number of anilines is 2. The highest BCUT2D eigenvalue weighted by atomic mass is 19.3. The number of fused-ring (bicyclic) bond motifs is 1. The fourth-order valence-corrected chi connectivity index (χ4v) is 3.28. The molecule has 0 saturated heterocycles. The van der Waals surface area contributed by atoms with Crippen LogP contribution in [0.3, 0.4) is 0 Å². The van der Waals surface area contributed by atoms with E-state index in [1.165, 1.54) is 18.5 Å². The molecule has 0 saturated carbocycles. The fraction of sp³-hybridized carbons (Fsp3) is 0.250. The average molecular weight is 399 g/mol. The molecule has 9 heteroatoms. The Morgan fingerprint density at radius 3 is 2.76 bits per heavy atom. The summed E-state index contributed by atoms with van der Waals surface area (Å²) in [5.74, 6) is 0.803. The van der Waals surface area contributed by atoms with Crippen molar-refractivity contribution in [2.24, 2.45) is 0 Å². The van der Waals surface area contributed by atoms with Crippen molar-refractivity contribution in [2.75, 3.05) is 5.32 Å². The van der Waals surface area contributed by atoms with Crippen LogP contribution in [0.25, 0.3) is 0 Å². The maximum Gasteiger partial charge on any atom is 0.387 e. The second-order valence-corrected chi connectivity index (χ2v) is 6.64. The number of carbonyl (C=O) groups is 1. The van der Waals surface area contributed by atoms with Crippen molar-refractivity contribution in [3.8, 4) is 5.75 Å². The zero-order valence-electron chi connectivity index (χ0n) is 15.4. The molecule has 1 aromatic heterocycles. The lowest BCUT2D eigenvalue weighted by molar-refractivity contribution is -0.0498. The van der Waals surface area contributed by atoms with E-state index >= 15 is 0 Å². The van der Waals surface area contributed by atoms with Crippen LogP contribution in [0.15, 0.2) is 54.9 Å². The molecule has 1 aliphatic rings. The van der Waals surface area contributed by atoms with Gasteiger partial charge in [-0.05, 0) is 42.8 Å². The van der Waals surface area contributed by atoms with Crippen molar-refractivity contribution >= 4 is 17.3 Å². The highest BCUT2D eigenvalue weighted by Gasteiger charge is 2.22. The maximum absolute atomic E-state index is 12.8. The first-order valence-electron chi connectivity index (χ1n) is 9.17. The summed E-state index contributed by atoms with van der Waals surface area (Å²) in [4.78, 5) is 17.0. The van der Waals surface area contributed by atoms with E-state index in [1.807, 2.05) is 10.7 Å². The van der Waals surface area contributed by atoms with Crippen molar-refractivity contribution < 1.29 is 18.3 Å². The Labute approximate surface area is 165 Å². The molecule has 0 fully saturated rings. The van der Waals surface area contributed by atoms with Crippen LogP contribution >= 0.6 is 0 Å². The molecule has 3 aromatic rings. The van der Waals surface area contributed by atoms with Gasteiger partial charge in [-0.25, -0.2) is 9.67 Å². The van der Waals surface area contributed by atoms with Gasteiger partial charge in [0, 0.05) is 18.2 Å². The number of nitrogens with one attached hydrogen (secondary N) is 2. The minimum Gasteiger partial charge on any atom is -0.435 e. The third-order valence-corrected chi connectivity index (χ3v) is 4.67. The number of amides is 1. The zero-order chi connectivity index (χ0) is 20.2. The van der Waals surface area contributed by atoms with Crippen molar-refractivity contribution in [3.05, 3.63) is 66.2 Å². The molecule has 2 N–H and O–H groups in total. The number of aromatic nitrogens is 3. The molecule has 0 bridgehead atoms. The molecule has 4 rings (SSSR count). The number of nitrogens with zero attached hydrogens (tertiary/aromatic N) is 3. The maximum atomic E-state index is 12.8. The van der Waals surface area contributed by atoms with Gasteiger partial charge in [-0.3, -0.25) is 4.79 Å². The molecular formula is C20H19F2N5O2. The van der Waals surface area contributed by atoms with Crippen LogP contribution in [0.4, 0.5) is 20.2 Å². The van der Waals surface area contributed by atoms with E-state index in [0.717, 1.165) is 18.7 Å². The Morgan fingerprint density at radius 1 is 1.17 bits per heavy atom. The third kappa shape index (κ3) is 4.50. The summed E-state index contributed by atoms with van der Waals surface area (Å²) in [6.07, 6.45) is 3.08. The van der Waals surface area contributed by atoms with E-state index in [4.69, 9.17) is 0 Å². The SMILES string of the molecule is O=C(NC1CCc2ncnn2C1)c1ccccc1Nc1ccc(OC(F)F)cc1. The molecule has 29 heavy (non-hydrogen) atoms. The molecule has 2 heterocycles. The second kappa shape index (κ2) is 8.26. The fourth-order valence-electron chi connectivity index (χ4n) is 3.28. The lowest BCUT2D eigenvalue weighted by Crippen LogP contribution is -2.41. The molecule has 0 radical (unpaired) electrons. The number of halogens is 2. The third-order valence-electron chi connectivity index (χ3n) is 4.67. The lowest BCUT2D eigenvalue weighted by Gasteiger charge is -2.24. The van der Waals surface area contributed by atoms with Crippen LogP contribution < -0.4 is 15.4 Å². The monoisotopic (exact) mass is 399 g/mol. The number of hydrogen-bond acceptors (Lipinski definition) is 5. The van der Waals surface area contributed by atoms with Crippen LogP contribution in [-0.2, 0) is 13.0 Å². The molecule has 2 aromatic carbocycles. The van der Waals surface area contributed by atoms with Gasteiger partial charge in [0.25, 0.3) is 5.91 Å². The molecule has 150 valence electrons. The normalized spacial score (nSPS) is 15.6. The molecule has 7 nitrogen and oxygen atoms in total. The van der Waals surface area contributed by atoms with Crippen molar-refractivity contribution in [1.82, 2.24) is 20.1 Å². The Balaban J connectivity index is 1.44. The summed E-state index contributed by atoms with van der Waals surface area (Å²) in [7, 11) is 0. The molecule has 0 spiro atoms. The number of carbonyl (C=O) groups excluding carboxylic acids is 1. The second-order valence-electron chi connectivity index (χ2n) is 6.64. The number of rotatable bonds is 6. The summed E-state index contributed by atoms with van der Waals surface area (Å²) < 4.78 is 30.7. The predicted octanol–water partition coefficient (Wildman–Crippen LogP) is 3.37. The van der Waals surface area contributed by atoms with E-state index in [9.17, 15) is 13.6 Å². The minimum atomic E-state index is -2.87.